The molecule has 0 N–H and O–H groups in total. The van der Waals surface area contributed by atoms with Gasteiger partial charge in [-0.1, -0.05) is 38.8 Å². The zero-order valence-electron chi connectivity index (χ0n) is 18.9. The molecule has 0 radical (unpaired) electrons. The summed E-state index contributed by atoms with van der Waals surface area (Å²) in [7, 11) is 3.35. The molecule has 31 heavy (non-hydrogen) atoms. The highest BCUT2D eigenvalue weighted by Crippen LogP contribution is 2.20. The van der Waals surface area contributed by atoms with Gasteiger partial charge in [0, 0.05) is 25.2 Å². The van der Waals surface area contributed by atoms with Crippen molar-refractivity contribution in [3.8, 4) is 11.5 Å². The smallest absolute Gasteiger partial charge is 0.222 e. The minimum absolute atomic E-state index is 0.804. The molecule has 1 aromatic heterocycles. The number of hydrogen-bond donors (Lipinski definition) is 0. The molecule has 0 saturated heterocycles. The summed E-state index contributed by atoms with van der Waals surface area (Å²) in [6.07, 6.45) is 4.39. The van der Waals surface area contributed by atoms with E-state index in [9.17, 15) is 0 Å². The molecular weight excluding hydrogens is 408 g/mol. The Morgan fingerprint density at radius 1 is 0.806 bits per heavy atom. The number of unbranched alkanes of at least 4 members (excludes halogenated alkanes) is 2. The zero-order chi connectivity index (χ0) is 22.1. The normalized spacial score (nSPS) is 12.4. The second-order valence-corrected chi connectivity index (χ2v) is 8.25. The fraction of sp³-hybridized carbons (Fsp3) is 0.417. The van der Waals surface area contributed by atoms with E-state index < -0.39 is 0 Å². The van der Waals surface area contributed by atoms with Crippen molar-refractivity contribution in [2.24, 2.45) is 9.98 Å². The average molecular weight is 441 g/mol. The fourth-order valence-electron chi connectivity index (χ4n) is 3.15. The molecule has 0 aliphatic rings. The topological polar surface area (TPSA) is 53.0 Å². The zero-order valence-corrected chi connectivity index (χ0v) is 19.7. The van der Waals surface area contributed by atoms with Crippen LogP contribution in [0.1, 0.15) is 39.5 Å². The number of methoxy groups -OCH3 is 2. The minimum Gasteiger partial charge on any atom is -0.497 e. The maximum absolute atomic E-state index is 5.39. The fourth-order valence-corrected chi connectivity index (χ4v) is 4.21. The van der Waals surface area contributed by atoms with Crippen LogP contribution in [0.15, 0.2) is 58.5 Å². The van der Waals surface area contributed by atoms with Gasteiger partial charge < -0.3 is 9.47 Å². The monoisotopic (exact) mass is 440 g/mol. The van der Waals surface area contributed by atoms with Gasteiger partial charge in [-0.2, -0.15) is 0 Å². The van der Waals surface area contributed by atoms with E-state index in [2.05, 4.69) is 22.4 Å². The first-order valence-electron chi connectivity index (χ1n) is 10.9. The van der Waals surface area contributed by atoms with E-state index in [0.717, 1.165) is 72.1 Å². The van der Waals surface area contributed by atoms with Crippen molar-refractivity contribution in [3.05, 3.63) is 59.0 Å². The molecule has 0 atom stereocenters. The Morgan fingerprint density at radius 3 is 1.97 bits per heavy atom. The highest BCUT2D eigenvalue weighted by molar-refractivity contribution is 7.03. The Bertz CT molecular complexity index is 1110. The molecule has 166 valence electrons. The quantitative estimate of drug-likeness (QED) is 0.422. The van der Waals surface area contributed by atoms with Crippen molar-refractivity contribution >= 4 is 22.9 Å². The van der Waals surface area contributed by atoms with Gasteiger partial charge in [0.05, 0.1) is 25.6 Å². The number of rotatable bonds is 10. The van der Waals surface area contributed by atoms with E-state index in [0.29, 0.717) is 0 Å². The molecule has 0 aliphatic carbocycles. The number of ether oxygens (including phenoxy) is 2. The number of benzene rings is 2. The second-order valence-electron chi connectivity index (χ2n) is 7.26. The van der Waals surface area contributed by atoms with Gasteiger partial charge in [-0.25, -0.2) is 9.98 Å². The summed E-state index contributed by atoms with van der Waals surface area (Å²) < 4.78 is 15.3. The van der Waals surface area contributed by atoms with Crippen LogP contribution in [0, 0.1) is 0 Å². The number of nitrogens with zero attached hydrogens (tertiary/aromatic N) is 4. The Balaban J connectivity index is 2.20. The van der Waals surface area contributed by atoms with Crippen molar-refractivity contribution in [2.75, 3.05) is 14.2 Å². The van der Waals surface area contributed by atoms with Crippen LogP contribution >= 0.6 is 11.5 Å². The van der Waals surface area contributed by atoms with Gasteiger partial charge >= 0.3 is 0 Å². The summed E-state index contributed by atoms with van der Waals surface area (Å²) in [6.45, 7) is 6.21. The minimum atomic E-state index is 0.804. The summed E-state index contributed by atoms with van der Waals surface area (Å²) in [5.41, 5.74) is 2.68. The predicted molar refractivity (Wildman–Crippen MR) is 127 cm³/mol. The Kier molecular flexibility index (Phi) is 8.53. The third-order valence-electron chi connectivity index (χ3n) is 4.90. The van der Waals surface area contributed by atoms with Crippen LogP contribution in [-0.4, -0.2) is 22.7 Å². The van der Waals surface area contributed by atoms with E-state index in [4.69, 9.17) is 19.5 Å². The molecule has 0 saturated carbocycles. The molecule has 1 heterocycles. The van der Waals surface area contributed by atoms with Crippen LogP contribution in [-0.2, 0) is 13.1 Å². The first kappa shape index (κ1) is 22.9. The van der Waals surface area contributed by atoms with Crippen molar-refractivity contribution < 1.29 is 9.47 Å². The van der Waals surface area contributed by atoms with Crippen molar-refractivity contribution in [3.63, 3.8) is 0 Å². The molecule has 7 heteroatoms. The average Bonchev–Trinajstić information content (AvgIpc) is 3.11. The van der Waals surface area contributed by atoms with Gasteiger partial charge in [0.1, 0.15) is 11.5 Å². The van der Waals surface area contributed by atoms with Crippen LogP contribution in [0.25, 0.3) is 0 Å². The summed E-state index contributed by atoms with van der Waals surface area (Å²) in [5, 5.41) is 0. The summed E-state index contributed by atoms with van der Waals surface area (Å²) in [4.78, 5) is 10.9. The lowest BCUT2D eigenvalue weighted by molar-refractivity contribution is 0.415. The highest BCUT2D eigenvalue weighted by atomic mass is 32.1. The first-order chi connectivity index (χ1) is 15.2. The first-order valence-corrected chi connectivity index (χ1v) is 11.6. The molecule has 0 spiro atoms. The van der Waals surface area contributed by atoms with Gasteiger partial charge in [-0.3, -0.25) is 8.52 Å². The van der Waals surface area contributed by atoms with Gasteiger partial charge in [-0.05, 0) is 48.6 Å². The van der Waals surface area contributed by atoms with E-state index in [1.54, 1.807) is 25.8 Å². The van der Waals surface area contributed by atoms with Crippen molar-refractivity contribution in [1.82, 2.24) is 8.52 Å². The molecule has 0 bridgehead atoms. The predicted octanol–water partition coefficient (Wildman–Crippen LogP) is 5.43. The van der Waals surface area contributed by atoms with E-state index >= 15 is 0 Å². The largest absolute Gasteiger partial charge is 0.497 e. The van der Waals surface area contributed by atoms with E-state index in [-0.39, 0.29) is 0 Å². The Morgan fingerprint density at radius 2 is 1.39 bits per heavy atom. The van der Waals surface area contributed by atoms with E-state index in [1.165, 1.54) is 0 Å². The van der Waals surface area contributed by atoms with Crippen LogP contribution in [0.3, 0.4) is 0 Å². The summed E-state index contributed by atoms with van der Waals surface area (Å²) >= 11 is 1.66. The third kappa shape index (κ3) is 6.10. The Hall–Kier alpha value is -2.80. The molecule has 0 aliphatic heterocycles. The lowest BCUT2D eigenvalue weighted by Crippen LogP contribution is -2.30. The van der Waals surface area contributed by atoms with Gasteiger partial charge in [-0.15, -0.1) is 0 Å². The molecule has 0 amide bonds. The van der Waals surface area contributed by atoms with Crippen molar-refractivity contribution in [2.45, 2.75) is 52.6 Å². The number of hydrogen-bond acceptors (Lipinski definition) is 5. The van der Waals surface area contributed by atoms with E-state index in [1.807, 2.05) is 48.5 Å². The van der Waals surface area contributed by atoms with Crippen LogP contribution in [0.2, 0.25) is 0 Å². The number of aromatic nitrogens is 2. The lowest BCUT2D eigenvalue weighted by Gasteiger charge is -2.05. The molecule has 3 aromatic rings. The van der Waals surface area contributed by atoms with Gasteiger partial charge in [0.15, 0.2) is 0 Å². The highest BCUT2D eigenvalue weighted by Gasteiger charge is 2.09. The molecule has 2 aromatic carbocycles. The lowest BCUT2D eigenvalue weighted by atomic mass is 10.3. The molecular formula is C24H32N4O2S. The summed E-state index contributed by atoms with van der Waals surface area (Å²) in [6, 6.07) is 15.7. The van der Waals surface area contributed by atoms with Crippen LogP contribution in [0.4, 0.5) is 11.4 Å². The SMILES string of the molecule is CCCCn1sc(=Nc2cccc(OC)c2)n(CCCC)c1=Nc1cccc(OC)c1. The van der Waals surface area contributed by atoms with Crippen molar-refractivity contribution in [1.29, 1.82) is 0 Å². The molecule has 0 unspecified atom stereocenters. The molecule has 6 nitrogen and oxygen atoms in total. The van der Waals surface area contributed by atoms with Crippen LogP contribution in [0.5, 0.6) is 11.5 Å². The summed E-state index contributed by atoms with van der Waals surface area (Å²) in [5.74, 6) is 1.61. The number of aryl methyl sites for hydroxylation is 1. The van der Waals surface area contributed by atoms with Gasteiger partial charge in [0.25, 0.3) is 0 Å². The second kappa shape index (κ2) is 11.6. The molecule has 3 rings (SSSR count). The molecule has 0 fully saturated rings. The maximum atomic E-state index is 5.39. The Labute approximate surface area is 188 Å². The van der Waals surface area contributed by atoms with Gasteiger partial charge in [0.2, 0.25) is 10.4 Å². The third-order valence-corrected chi connectivity index (χ3v) is 5.94. The maximum Gasteiger partial charge on any atom is 0.222 e. The van der Waals surface area contributed by atoms with Crippen LogP contribution < -0.4 is 19.9 Å². The standard InChI is InChI=1S/C24H32N4O2S/c1-5-7-15-27-23(25-19-11-9-13-21(17-19)29-3)28(16-8-6-2)31-24(27)26-20-12-10-14-22(18-20)30-4/h9-14,17-18H,5-8,15-16H2,1-4H3.